The zero-order chi connectivity index (χ0) is 11.3. The molecule has 2 aliphatic heterocycles. The Morgan fingerprint density at radius 3 is 2.67 bits per heavy atom. The normalized spacial score (nSPS) is 31.4. The summed E-state index contributed by atoms with van der Waals surface area (Å²) < 4.78 is 0. The highest BCUT2D eigenvalue weighted by atomic mass is 32.2. The van der Waals surface area contributed by atoms with Crippen molar-refractivity contribution in [3.05, 3.63) is 10.6 Å². The smallest absolute Gasteiger partial charge is 0.353 e. The first-order valence-corrected chi connectivity index (χ1v) is 5.45. The first-order valence-electron chi connectivity index (χ1n) is 4.57. The number of carbonyl (C=O) groups is 2. The molecule has 2 heterocycles. The summed E-state index contributed by atoms with van der Waals surface area (Å²) in [5.41, 5.74) is 0.0619. The third kappa shape index (κ3) is 1.28. The van der Waals surface area contributed by atoms with E-state index in [4.69, 9.17) is 5.11 Å². The number of β-lactam (4-membered cyclic amide) rings is 1. The minimum atomic E-state index is -1.08. The Balaban J connectivity index is 2.27. The predicted octanol–water partition coefficient (Wildman–Crippen LogP) is 0.215. The van der Waals surface area contributed by atoms with Gasteiger partial charge in [-0.1, -0.05) is 0 Å². The zero-order valence-electron chi connectivity index (χ0n) is 8.30. The first-order chi connectivity index (χ1) is 6.95. The van der Waals surface area contributed by atoms with Crippen molar-refractivity contribution in [1.82, 2.24) is 4.90 Å². The molecule has 0 spiro atoms. The molecule has 0 aromatic rings. The van der Waals surface area contributed by atoms with Crippen LogP contribution in [0.3, 0.4) is 0 Å². The maximum atomic E-state index is 11.6. The van der Waals surface area contributed by atoms with Gasteiger partial charge >= 0.3 is 5.97 Å². The van der Waals surface area contributed by atoms with Crippen molar-refractivity contribution in [2.45, 2.75) is 25.3 Å². The van der Waals surface area contributed by atoms with Crippen LogP contribution in [0.2, 0.25) is 0 Å². The fourth-order valence-electron chi connectivity index (χ4n) is 1.95. The SMILES string of the molecule is CC1=C(C(=O)O)N2C(=O)[C@@H](C(C)O)[C@H]2S1. The summed E-state index contributed by atoms with van der Waals surface area (Å²) in [4.78, 5) is 24.4. The van der Waals surface area contributed by atoms with Crippen LogP contribution >= 0.6 is 11.8 Å². The fraction of sp³-hybridized carbons (Fsp3) is 0.556. The third-order valence-electron chi connectivity index (χ3n) is 2.68. The van der Waals surface area contributed by atoms with Crippen LogP contribution in [0.15, 0.2) is 10.6 Å². The van der Waals surface area contributed by atoms with Gasteiger partial charge in [0.25, 0.3) is 0 Å². The van der Waals surface area contributed by atoms with Gasteiger partial charge < -0.3 is 10.2 Å². The van der Waals surface area contributed by atoms with Crippen molar-refractivity contribution in [1.29, 1.82) is 0 Å². The molecule has 0 radical (unpaired) electrons. The monoisotopic (exact) mass is 229 g/mol. The lowest BCUT2D eigenvalue weighted by Gasteiger charge is -2.43. The van der Waals surface area contributed by atoms with E-state index in [2.05, 4.69) is 0 Å². The first kappa shape index (κ1) is 10.5. The van der Waals surface area contributed by atoms with E-state index in [1.54, 1.807) is 13.8 Å². The Kier molecular flexibility index (Phi) is 2.27. The number of thioether (sulfide) groups is 1. The molecule has 0 aromatic carbocycles. The highest BCUT2D eigenvalue weighted by Gasteiger charge is 2.56. The summed E-state index contributed by atoms with van der Waals surface area (Å²) in [7, 11) is 0. The van der Waals surface area contributed by atoms with Gasteiger partial charge in [-0.3, -0.25) is 9.69 Å². The van der Waals surface area contributed by atoms with E-state index in [0.717, 1.165) is 0 Å². The molecule has 2 rings (SSSR count). The molecule has 0 aromatic heterocycles. The number of rotatable bonds is 2. The highest BCUT2D eigenvalue weighted by Crippen LogP contribution is 2.49. The molecule has 3 atom stereocenters. The van der Waals surface area contributed by atoms with Crippen molar-refractivity contribution in [3.63, 3.8) is 0 Å². The number of hydrogen-bond donors (Lipinski definition) is 2. The molecule has 2 N–H and O–H groups in total. The predicted molar refractivity (Wildman–Crippen MR) is 53.7 cm³/mol. The van der Waals surface area contributed by atoms with E-state index in [0.29, 0.717) is 4.91 Å². The topological polar surface area (TPSA) is 77.8 Å². The number of allylic oxidation sites excluding steroid dienone is 1. The van der Waals surface area contributed by atoms with E-state index in [-0.39, 0.29) is 17.0 Å². The number of fused-ring (bicyclic) bond motifs is 1. The molecule has 1 saturated heterocycles. The van der Waals surface area contributed by atoms with Crippen molar-refractivity contribution in [2.24, 2.45) is 5.92 Å². The van der Waals surface area contributed by atoms with Crippen molar-refractivity contribution < 1.29 is 19.8 Å². The van der Waals surface area contributed by atoms with E-state index < -0.39 is 18.0 Å². The molecule has 1 fully saturated rings. The lowest BCUT2D eigenvalue weighted by Crippen LogP contribution is -2.60. The third-order valence-corrected chi connectivity index (χ3v) is 3.97. The summed E-state index contributed by atoms with van der Waals surface area (Å²) in [5.74, 6) is -1.85. The molecule has 6 heteroatoms. The van der Waals surface area contributed by atoms with Crippen LogP contribution in [0.4, 0.5) is 0 Å². The number of nitrogens with zero attached hydrogens (tertiary/aromatic N) is 1. The number of amides is 1. The van der Waals surface area contributed by atoms with Crippen LogP contribution in [-0.2, 0) is 9.59 Å². The van der Waals surface area contributed by atoms with Crippen LogP contribution in [-0.4, -0.2) is 38.5 Å². The molecule has 15 heavy (non-hydrogen) atoms. The second-order valence-corrected chi connectivity index (χ2v) is 5.02. The molecule has 5 nitrogen and oxygen atoms in total. The van der Waals surface area contributed by atoms with Gasteiger partial charge in [0.2, 0.25) is 5.91 Å². The van der Waals surface area contributed by atoms with Crippen molar-refractivity contribution >= 4 is 23.6 Å². The van der Waals surface area contributed by atoms with Gasteiger partial charge in [-0.05, 0) is 13.8 Å². The van der Waals surface area contributed by atoms with E-state index >= 15 is 0 Å². The van der Waals surface area contributed by atoms with Crippen molar-refractivity contribution in [2.75, 3.05) is 0 Å². The molecule has 0 bridgehead atoms. The van der Waals surface area contributed by atoms with Crippen LogP contribution in [0, 0.1) is 5.92 Å². The summed E-state index contributed by atoms with van der Waals surface area (Å²) in [6, 6.07) is 0. The number of carboxylic acid groups (broad SMARTS) is 1. The van der Waals surface area contributed by atoms with Gasteiger partial charge in [-0.2, -0.15) is 0 Å². The Labute approximate surface area is 90.8 Å². The largest absolute Gasteiger partial charge is 0.477 e. The van der Waals surface area contributed by atoms with E-state index in [1.807, 2.05) is 0 Å². The van der Waals surface area contributed by atoms with Crippen LogP contribution < -0.4 is 0 Å². The zero-order valence-corrected chi connectivity index (χ0v) is 9.11. The molecular formula is C9H11NO4S. The molecule has 1 amide bonds. The number of aliphatic hydroxyl groups excluding tert-OH is 1. The van der Waals surface area contributed by atoms with Gasteiger partial charge in [0.15, 0.2) is 0 Å². The van der Waals surface area contributed by atoms with Gasteiger partial charge in [-0.25, -0.2) is 4.79 Å². The number of aliphatic carboxylic acids is 1. The second kappa shape index (κ2) is 3.24. The summed E-state index contributed by atoms with van der Waals surface area (Å²) in [6.07, 6.45) is -0.729. The summed E-state index contributed by atoms with van der Waals surface area (Å²) >= 11 is 1.34. The van der Waals surface area contributed by atoms with E-state index in [9.17, 15) is 14.7 Å². The molecule has 82 valence electrons. The minimum Gasteiger partial charge on any atom is -0.477 e. The second-order valence-electron chi connectivity index (χ2n) is 3.69. The summed E-state index contributed by atoms with van der Waals surface area (Å²) in [6.45, 7) is 3.23. The molecule has 0 aliphatic carbocycles. The average molecular weight is 229 g/mol. The van der Waals surface area contributed by atoms with Gasteiger partial charge in [-0.15, -0.1) is 11.8 Å². The number of carbonyl (C=O) groups excluding carboxylic acids is 1. The Bertz CT molecular complexity index is 376. The van der Waals surface area contributed by atoms with Crippen LogP contribution in [0.5, 0.6) is 0 Å². The Morgan fingerprint density at radius 1 is 1.60 bits per heavy atom. The Hall–Kier alpha value is -1.01. The quantitative estimate of drug-likeness (QED) is 0.662. The fourth-order valence-corrected chi connectivity index (χ4v) is 3.42. The van der Waals surface area contributed by atoms with E-state index in [1.165, 1.54) is 16.7 Å². The molecule has 2 aliphatic rings. The Morgan fingerprint density at radius 2 is 2.20 bits per heavy atom. The standard InChI is InChI=1S/C9H11NO4S/c1-3(11)5-7(12)10-6(9(13)14)4(2)15-8(5)10/h3,5,8,11H,1-2H3,(H,13,14)/t3?,5-,8-/m1/s1. The maximum Gasteiger partial charge on any atom is 0.353 e. The molecule has 0 saturated carbocycles. The van der Waals surface area contributed by atoms with Gasteiger partial charge in [0.1, 0.15) is 11.1 Å². The lowest BCUT2D eigenvalue weighted by atomic mass is 9.92. The summed E-state index contributed by atoms with van der Waals surface area (Å²) in [5, 5.41) is 18.1. The average Bonchev–Trinajstić information content (AvgIpc) is 2.38. The number of carboxylic acids is 1. The van der Waals surface area contributed by atoms with Crippen molar-refractivity contribution in [3.8, 4) is 0 Å². The molecular weight excluding hydrogens is 218 g/mol. The lowest BCUT2D eigenvalue weighted by molar-refractivity contribution is -0.156. The highest BCUT2D eigenvalue weighted by molar-refractivity contribution is 8.04. The van der Waals surface area contributed by atoms with Crippen LogP contribution in [0.25, 0.3) is 0 Å². The van der Waals surface area contributed by atoms with Gasteiger partial charge in [0, 0.05) is 4.91 Å². The minimum absolute atomic E-state index is 0.0619. The number of aliphatic hydroxyl groups is 1. The molecule has 1 unspecified atom stereocenters. The van der Waals surface area contributed by atoms with Gasteiger partial charge in [0.05, 0.1) is 12.0 Å². The number of hydrogen-bond acceptors (Lipinski definition) is 4. The van der Waals surface area contributed by atoms with Crippen LogP contribution in [0.1, 0.15) is 13.8 Å². The maximum absolute atomic E-state index is 11.6.